The number of piperidine rings is 1. The number of hydrogen-bond donors (Lipinski definition) is 7. The molecular weight excluding hydrogens is 182 g/mol. The minimum absolute atomic E-state index is 0.0506. The van der Waals surface area contributed by atoms with E-state index in [1.165, 1.54) is 0 Å². The third-order valence-electron chi connectivity index (χ3n) is 2.04. The van der Waals surface area contributed by atoms with Gasteiger partial charge in [-0.1, -0.05) is 0 Å². The Labute approximate surface area is 75.3 Å². The molecule has 0 spiro atoms. The van der Waals surface area contributed by atoms with Crippen molar-refractivity contribution in [3.05, 3.63) is 0 Å². The van der Waals surface area contributed by atoms with E-state index in [4.69, 9.17) is 21.8 Å². The maximum atomic E-state index is 9.48. The van der Waals surface area contributed by atoms with Gasteiger partial charge in [0, 0.05) is 0 Å². The van der Waals surface area contributed by atoms with Crippen LogP contribution < -0.4 is 5.31 Å². The van der Waals surface area contributed by atoms with Gasteiger partial charge in [0.15, 0.2) is 5.72 Å². The van der Waals surface area contributed by atoms with Crippen molar-refractivity contribution >= 4 is 0 Å². The average molecular weight is 196 g/mol. The summed E-state index contributed by atoms with van der Waals surface area (Å²) in [5.41, 5.74) is -2.49. The van der Waals surface area contributed by atoms with E-state index in [0.29, 0.717) is 0 Å². The van der Waals surface area contributed by atoms with Gasteiger partial charge >= 0.3 is 0 Å². The lowest BCUT2D eigenvalue weighted by Crippen LogP contribution is -2.73. The first kappa shape index (κ1) is 9.28. The maximum Gasteiger partial charge on any atom is 0.170 e. The molecular formula is C6H13NO6. The molecule has 7 N–H and O–H groups in total. The fourth-order valence-electron chi connectivity index (χ4n) is 1.15. The van der Waals surface area contributed by atoms with Crippen LogP contribution in [-0.4, -0.2) is 67.5 Å². The monoisotopic (exact) mass is 196 g/mol. The van der Waals surface area contributed by atoms with Crippen LogP contribution in [0.5, 0.6) is 0 Å². The van der Waals surface area contributed by atoms with Crippen molar-refractivity contribution < 1.29 is 32.1 Å². The molecule has 0 radical (unpaired) electrons. The average Bonchev–Trinajstić information content (AvgIpc) is 2.21. The lowest BCUT2D eigenvalue weighted by atomic mass is 9.92. The number of hydrogen-bond acceptors (Lipinski definition) is 7. The van der Waals surface area contributed by atoms with E-state index in [0.717, 1.165) is 0 Å². The normalized spacial score (nSPS) is 54.8. The molecule has 5 atom stereocenters. The van der Waals surface area contributed by atoms with Crippen molar-refractivity contribution in [1.82, 2.24) is 5.31 Å². The third-order valence-corrected chi connectivity index (χ3v) is 2.04. The first-order chi connectivity index (χ1) is 6.36. The molecule has 0 amide bonds. The van der Waals surface area contributed by atoms with Gasteiger partial charge in [0.2, 0.25) is 0 Å². The molecule has 0 saturated carbocycles. The van der Waals surface area contributed by atoms with Gasteiger partial charge in [-0.15, -0.1) is 0 Å². The summed E-state index contributed by atoms with van der Waals surface area (Å²) in [6, 6.07) is 0. The first-order valence-corrected chi connectivity index (χ1v) is 3.70. The maximum absolute atomic E-state index is 9.48. The van der Waals surface area contributed by atoms with Crippen molar-refractivity contribution in [2.75, 3.05) is 6.61 Å². The number of rotatable bonds is 1. The molecule has 1 saturated heterocycles. The zero-order valence-electron chi connectivity index (χ0n) is 7.65. The Morgan fingerprint density at radius 1 is 1.23 bits per heavy atom. The summed E-state index contributed by atoms with van der Waals surface area (Å²) in [7, 11) is 0. The summed E-state index contributed by atoms with van der Waals surface area (Å²) in [5, 5.41) is 54.9. The molecule has 7 nitrogen and oxygen atoms in total. The highest BCUT2D eigenvalue weighted by molar-refractivity contribution is 4.98. The first-order valence-electron chi connectivity index (χ1n) is 4.14. The summed E-state index contributed by atoms with van der Waals surface area (Å²) in [6.45, 7) is -1.06. The standard InChI is InChI=1S/C6H13NO6/c8-1-6(13)4(11)2(9)3(10)5(12)7-6/h2-5,7-13H,1H2/t2-,3-,4+,5?,6-/m1/s1/i/hD. The van der Waals surface area contributed by atoms with Crippen LogP contribution in [0.25, 0.3) is 0 Å². The van der Waals surface area contributed by atoms with Gasteiger partial charge in [0.05, 0.1) is 6.61 Å². The lowest BCUT2D eigenvalue weighted by Gasteiger charge is -2.44. The van der Waals surface area contributed by atoms with Crippen LogP contribution in [0.15, 0.2) is 0 Å². The van der Waals surface area contributed by atoms with Gasteiger partial charge in [0.1, 0.15) is 26.0 Å². The Bertz CT molecular complexity index is 200. The number of nitrogens with one attached hydrogen (secondary N) is 1. The second-order valence-corrected chi connectivity index (χ2v) is 3.01. The van der Waals surface area contributed by atoms with Crippen LogP contribution in [-0.2, 0) is 0 Å². The van der Waals surface area contributed by atoms with E-state index in [-0.39, 0.29) is 5.31 Å². The summed E-state index contributed by atoms with van der Waals surface area (Å²) in [6.07, 6.45) is -7.44. The molecule has 1 aliphatic heterocycles. The van der Waals surface area contributed by atoms with E-state index >= 15 is 0 Å². The highest BCUT2D eigenvalue weighted by Crippen LogP contribution is 2.20. The third kappa shape index (κ3) is 1.67. The summed E-state index contributed by atoms with van der Waals surface area (Å²) >= 11 is 0. The van der Waals surface area contributed by atoms with E-state index in [1.54, 1.807) is 0 Å². The van der Waals surface area contributed by atoms with Crippen LogP contribution in [0.1, 0.15) is 0 Å². The Morgan fingerprint density at radius 3 is 2.23 bits per heavy atom. The van der Waals surface area contributed by atoms with Crippen LogP contribution in [0, 0.1) is 0 Å². The highest BCUT2D eigenvalue weighted by Gasteiger charge is 2.50. The van der Waals surface area contributed by atoms with Crippen molar-refractivity contribution in [2.24, 2.45) is 0 Å². The molecule has 1 aliphatic rings. The topological polar surface area (TPSA) is 133 Å². The highest BCUT2D eigenvalue weighted by atomic mass is 16.4. The Hall–Kier alpha value is -0.280. The van der Waals surface area contributed by atoms with Crippen LogP contribution >= 0.6 is 0 Å². The second kappa shape index (κ2) is 3.46. The zero-order valence-corrected chi connectivity index (χ0v) is 6.65. The molecule has 1 heterocycles. The van der Waals surface area contributed by atoms with Gasteiger partial charge in [-0.25, -0.2) is 0 Å². The molecule has 1 rings (SSSR count). The van der Waals surface area contributed by atoms with Gasteiger partial charge in [0.25, 0.3) is 0 Å². The van der Waals surface area contributed by atoms with Crippen molar-refractivity contribution in [3.63, 3.8) is 0 Å². The molecule has 0 bridgehead atoms. The van der Waals surface area contributed by atoms with E-state index in [9.17, 15) is 10.2 Å². The molecule has 0 aromatic heterocycles. The zero-order chi connectivity index (χ0) is 11.1. The molecule has 0 aliphatic carbocycles. The predicted molar refractivity (Wildman–Crippen MR) is 39.2 cm³/mol. The number of aliphatic hydroxyl groups excluding tert-OH is 5. The van der Waals surface area contributed by atoms with Crippen LogP contribution in [0.4, 0.5) is 0 Å². The van der Waals surface area contributed by atoms with Crippen molar-refractivity contribution in [2.45, 2.75) is 30.3 Å². The fourth-order valence-corrected chi connectivity index (χ4v) is 1.15. The second-order valence-electron chi connectivity index (χ2n) is 3.01. The number of aliphatic hydroxyl groups is 6. The Balaban J connectivity index is 2.98. The fraction of sp³-hybridized carbons (Fsp3) is 1.00. The van der Waals surface area contributed by atoms with Crippen molar-refractivity contribution in [1.29, 1.82) is 0 Å². The van der Waals surface area contributed by atoms with E-state index in [1.807, 2.05) is 0 Å². The minimum Gasteiger partial charge on any atom is -0.392 e. The molecule has 7 heteroatoms. The Kier molecular flexibility index (Phi) is 2.47. The van der Waals surface area contributed by atoms with Gasteiger partial charge in [-0.05, 0) is 0 Å². The predicted octanol–water partition coefficient (Wildman–Crippen LogP) is -4.33. The van der Waals surface area contributed by atoms with E-state index < -0.39 is 36.9 Å². The van der Waals surface area contributed by atoms with Gasteiger partial charge in [-0.3, -0.25) is 5.31 Å². The molecule has 1 fully saturated rings. The van der Waals surface area contributed by atoms with Crippen LogP contribution in [0.2, 0.25) is 1.41 Å². The smallest absolute Gasteiger partial charge is 0.170 e. The van der Waals surface area contributed by atoms with Gasteiger partial charge < -0.3 is 30.6 Å². The molecule has 78 valence electrons. The lowest BCUT2D eigenvalue weighted by molar-refractivity contribution is -0.247. The molecule has 1 unspecified atom stereocenters. The van der Waals surface area contributed by atoms with Crippen molar-refractivity contribution in [3.8, 4) is 0 Å². The quantitative estimate of drug-likeness (QED) is 0.225. The SMILES string of the molecule is [2H]N1C(O)[C@H](O)[C@@H](O)[C@H](O)[C@]1(O)CO. The molecule has 0 aromatic carbocycles. The van der Waals surface area contributed by atoms with Gasteiger partial charge in [-0.2, -0.15) is 0 Å². The van der Waals surface area contributed by atoms with Crippen LogP contribution in [0.3, 0.4) is 0 Å². The summed E-state index contributed by atoms with van der Waals surface area (Å²) in [5.74, 6) is 0. The largest absolute Gasteiger partial charge is 0.392 e. The summed E-state index contributed by atoms with van der Waals surface area (Å²) in [4.78, 5) is 0. The Morgan fingerprint density at radius 2 is 1.77 bits per heavy atom. The molecule has 13 heavy (non-hydrogen) atoms. The summed E-state index contributed by atoms with van der Waals surface area (Å²) < 4.78 is 7.13. The van der Waals surface area contributed by atoms with E-state index in [2.05, 4.69) is 0 Å². The molecule has 0 aromatic rings. The minimum atomic E-state index is -2.49.